The molecule has 1 aromatic heterocycles. The van der Waals surface area contributed by atoms with Crippen LogP contribution in [0.3, 0.4) is 0 Å². The fourth-order valence-electron chi connectivity index (χ4n) is 4.17. The Bertz CT molecular complexity index is 856. The molecule has 1 fully saturated rings. The summed E-state index contributed by atoms with van der Waals surface area (Å²) in [5.41, 5.74) is 3.05. The first-order valence-electron chi connectivity index (χ1n) is 9.79. The summed E-state index contributed by atoms with van der Waals surface area (Å²) in [5.74, 6) is 1.13. The molecule has 6 nitrogen and oxygen atoms in total. The van der Waals surface area contributed by atoms with Crippen molar-refractivity contribution in [3.8, 4) is 0 Å². The molecule has 1 saturated heterocycles. The lowest BCUT2D eigenvalue weighted by atomic mass is 9.92. The lowest BCUT2D eigenvalue weighted by Gasteiger charge is -2.43. The SMILES string of the molecule is C[C@@H]1CCN(C(=O)Nc2ccc(F)cc2)CC1N(C)c1ccnc2c1CCN2. The van der Waals surface area contributed by atoms with Crippen molar-refractivity contribution in [3.05, 3.63) is 47.9 Å². The standard InChI is InChI=1S/C21H26FN5O/c1-14-9-12-27(21(28)25-16-5-3-15(22)4-6-16)13-19(14)26(2)18-8-11-24-20-17(18)7-10-23-20/h3-6,8,11,14,19H,7,9-10,12-13H2,1-2H3,(H,23,24)(H,25,28)/t14-,19?/m1/s1. The molecule has 1 aromatic carbocycles. The maximum Gasteiger partial charge on any atom is 0.321 e. The van der Waals surface area contributed by atoms with Gasteiger partial charge in [-0.05, 0) is 49.1 Å². The van der Waals surface area contributed by atoms with Crippen LogP contribution in [0, 0.1) is 11.7 Å². The number of urea groups is 1. The van der Waals surface area contributed by atoms with Crippen LogP contribution in [0.1, 0.15) is 18.9 Å². The molecule has 2 N–H and O–H groups in total. The third kappa shape index (κ3) is 3.61. The second kappa shape index (κ2) is 7.66. The third-order valence-corrected chi connectivity index (χ3v) is 5.88. The molecule has 7 heteroatoms. The average Bonchev–Trinajstić information content (AvgIpc) is 3.18. The summed E-state index contributed by atoms with van der Waals surface area (Å²) in [6.45, 7) is 4.53. The first kappa shape index (κ1) is 18.5. The Morgan fingerprint density at radius 1 is 1.32 bits per heavy atom. The van der Waals surface area contributed by atoms with Crippen molar-refractivity contribution in [1.82, 2.24) is 9.88 Å². The third-order valence-electron chi connectivity index (χ3n) is 5.88. The monoisotopic (exact) mass is 383 g/mol. The molecule has 0 radical (unpaired) electrons. The average molecular weight is 383 g/mol. The molecule has 2 amide bonds. The summed E-state index contributed by atoms with van der Waals surface area (Å²) in [4.78, 5) is 21.3. The Morgan fingerprint density at radius 3 is 2.89 bits per heavy atom. The first-order chi connectivity index (χ1) is 13.5. The zero-order chi connectivity index (χ0) is 19.7. The summed E-state index contributed by atoms with van der Waals surface area (Å²) in [7, 11) is 2.11. The number of hydrogen-bond donors (Lipinski definition) is 2. The van der Waals surface area contributed by atoms with E-state index in [-0.39, 0.29) is 17.9 Å². The van der Waals surface area contributed by atoms with Gasteiger partial charge in [0, 0.05) is 55.9 Å². The summed E-state index contributed by atoms with van der Waals surface area (Å²) in [6, 6.07) is 8.01. The van der Waals surface area contributed by atoms with Crippen LogP contribution < -0.4 is 15.5 Å². The quantitative estimate of drug-likeness (QED) is 0.851. The van der Waals surface area contributed by atoms with Crippen LogP contribution in [0.5, 0.6) is 0 Å². The van der Waals surface area contributed by atoms with Crippen molar-refractivity contribution in [2.24, 2.45) is 5.92 Å². The Kier molecular flexibility index (Phi) is 5.07. The van der Waals surface area contributed by atoms with E-state index in [1.165, 1.54) is 23.4 Å². The molecule has 1 unspecified atom stereocenters. The maximum absolute atomic E-state index is 13.1. The van der Waals surface area contributed by atoms with Crippen LogP contribution in [0.25, 0.3) is 0 Å². The van der Waals surface area contributed by atoms with Crippen molar-refractivity contribution in [2.45, 2.75) is 25.8 Å². The first-order valence-corrected chi connectivity index (χ1v) is 9.79. The molecular formula is C21H26FN5O. The molecule has 0 bridgehead atoms. The number of likely N-dealkylation sites (tertiary alicyclic amines) is 1. The number of nitrogens with one attached hydrogen (secondary N) is 2. The number of carbonyl (C=O) groups excluding carboxylic acids is 1. The second-order valence-corrected chi connectivity index (χ2v) is 7.66. The van der Waals surface area contributed by atoms with Gasteiger partial charge in [0.2, 0.25) is 0 Å². The molecule has 0 aliphatic carbocycles. The molecule has 2 atom stereocenters. The predicted octanol–water partition coefficient (Wildman–Crippen LogP) is 3.57. The fourth-order valence-corrected chi connectivity index (χ4v) is 4.17. The van der Waals surface area contributed by atoms with E-state index < -0.39 is 0 Å². The highest BCUT2D eigenvalue weighted by molar-refractivity contribution is 5.89. The number of nitrogens with zero attached hydrogens (tertiary/aromatic N) is 3. The van der Waals surface area contributed by atoms with Gasteiger partial charge in [-0.1, -0.05) is 6.92 Å². The van der Waals surface area contributed by atoms with E-state index >= 15 is 0 Å². The smallest absolute Gasteiger partial charge is 0.321 e. The molecule has 28 heavy (non-hydrogen) atoms. The van der Waals surface area contributed by atoms with Crippen LogP contribution in [0.2, 0.25) is 0 Å². The van der Waals surface area contributed by atoms with Gasteiger partial charge in [-0.25, -0.2) is 14.2 Å². The zero-order valence-electron chi connectivity index (χ0n) is 16.3. The highest BCUT2D eigenvalue weighted by atomic mass is 19.1. The fraction of sp³-hybridized carbons (Fsp3) is 0.429. The van der Waals surface area contributed by atoms with Gasteiger partial charge in [0.05, 0.1) is 0 Å². The number of fused-ring (bicyclic) bond motifs is 1. The molecule has 2 aliphatic rings. The van der Waals surface area contributed by atoms with E-state index in [1.54, 1.807) is 12.1 Å². The molecule has 2 aromatic rings. The number of rotatable bonds is 3. The minimum Gasteiger partial charge on any atom is -0.369 e. The van der Waals surface area contributed by atoms with Gasteiger partial charge < -0.3 is 20.4 Å². The molecule has 3 heterocycles. The van der Waals surface area contributed by atoms with Crippen LogP contribution in [0.4, 0.5) is 26.4 Å². The minimum atomic E-state index is -0.314. The number of halogens is 1. The van der Waals surface area contributed by atoms with E-state index in [1.807, 2.05) is 11.1 Å². The molecular weight excluding hydrogens is 357 g/mol. The topological polar surface area (TPSA) is 60.5 Å². The van der Waals surface area contributed by atoms with Crippen LogP contribution >= 0.6 is 0 Å². The number of carbonyl (C=O) groups is 1. The van der Waals surface area contributed by atoms with E-state index in [2.05, 4.69) is 40.6 Å². The van der Waals surface area contributed by atoms with Gasteiger partial charge in [0.1, 0.15) is 11.6 Å². The highest BCUT2D eigenvalue weighted by Gasteiger charge is 2.33. The molecule has 4 rings (SSSR count). The number of benzene rings is 1. The highest BCUT2D eigenvalue weighted by Crippen LogP contribution is 2.33. The number of pyridine rings is 1. The summed E-state index contributed by atoms with van der Waals surface area (Å²) in [5, 5.41) is 6.21. The van der Waals surface area contributed by atoms with Crippen molar-refractivity contribution in [1.29, 1.82) is 0 Å². The number of amides is 2. The normalized spacial score (nSPS) is 21.0. The number of aromatic nitrogens is 1. The summed E-state index contributed by atoms with van der Waals surface area (Å²) >= 11 is 0. The summed E-state index contributed by atoms with van der Waals surface area (Å²) in [6.07, 6.45) is 3.76. The number of anilines is 3. The van der Waals surface area contributed by atoms with Crippen molar-refractivity contribution in [3.63, 3.8) is 0 Å². The Labute approximate surface area is 164 Å². The number of piperidine rings is 1. The lowest BCUT2D eigenvalue weighted by molar-refractivity contribution is 0.172. The molecule has 0 spiro atoms. The molecule has 2 aliphatic heterocycles. The van der Waals surface area contributed by atoms with E-state index in [0.29, 0.717) is 24.7 Å². The molecule has 0 saturated carbocycles. The van der Waals surface area contributed by atoms with E-state index in [4.69, 9.17) is 0 Å². The van der Waals surface area contributed by atoms with Gasteiger partial charge >= 0.3 is 6.03 Å². The predicted molar refractivity (Wildman–Crippen MR) is 109 cm³/mol. The molecule has 148 valence electrons. The minimum absolute atomic E-state index is 0.140. The Morgan fingerprint density at radius 2 is 2.11 bits per heavy atom. The van der Waals surface area contributed by atoms with Crippen molar-refractivity contribution >= 4 is 23.2 Å². The van der Waals surface area contributed by atoms with E-state index in [9.17, 15) is 9.18 Å². The van der Waals surface area contributed by atoms with E-state index in [0.717, 1.165) is 25.2 Å². The van der Waals surface area contributed by atoms with Crippen LogP contribution in [-0.4, -0.2) is 48.6 Å². The van der Waals surface area contributed by atoms with Crippen molar-refractivity contribution < 1.29 is 9.18 Å². The number of hydrogen-bond acceptors (Lipinski definition) is 4. The zero-order valence-corrected chi connectivity index (χ0v) is 16.3. The van der Waals surface area contributed by atoms with Crippen LogP contribution in [-0.2, 0) is 6.42 Å². The lowest BCUT2D eigenvalue weighted by Crippen LogP contribution is -2.53. The van der Waals surface area contributed by atoms with Gasteiger partial charge in [0.25, 0.3) is 0 Å². The second-order valence-electron chi connectivity index (χ2n) is 7.66. The van der Waals surface area contributed by atoms with Crippen molar-refractivity contribution in [2.75, 3.05) is 42.2 Å². The Balaban J connectivity index is 1.48. The Hall–Kier alpha value is -2.83. The maximum atomic E-state index is 13.1. The van der Waals surface area contributed by atoms with Gasteiger partial charge in [0.15, 0.2) is 0 Å². The van der Waals surface area contributed by atoms with Crippen LogP contribution in [0.15, 0.2) is 36.5 Å². The largest absolute Gasteiger partial charge is 0.369 e. The van der Waals surface area contributed by atoms with Gasteiger partial charge in [-0.3, -0.25) is 0 Å². The van der Waals surface area contributed by atoms with Gasteiger partial charge in [-0.2, -0.15) is 0 Å². The summed E-state index contributed by atoms with van der Waals surface area (Å²) < 4.78 is 13.1. The number of likely N-dealkylation sites (N-methyl/N-ethyl adjacent to an activating group) is 1. The van der Waals surface area contributed by atoms with Gasteiger partial charge in [-0.15, -0.1) is 0 Å².